The van der Waals surface area contributed by atoms with E-state index in [0.29, 0.717) is 0 Å². The minimum Gasteiger partial charge on any atom is -0.394 e. The van der Waals surface area contributed by atoms with Gasteiger partial charge in [0.05, 0.1) is 13.2 Å². The van der Waals surface area contributed by atoms with E-state index < -0.39 is 11.2 Å². The van der Waals surface area contributed by atoms with Crippen molar-refractivity contribution in [2.75, 3.05) is 13.2 Å². The smallest absolute Gasteiger partial charge is 0.145 e. The lowest BCUT2D eigenvalue weighted by molar-refractivity contribution is -0.0810. The number of ether oxygens (including phenoxy) is 2. The van der Waals surface area contributed by atoms with Gasteiger partial charge in [-0.15, -0.1) is 0 Å². The topological polar surface area (TPSA) is 42.0 Å². The van der Waals surface area contributed by atoms with Crippen LogP contribution in [0.3, 0.4) is 0 Å². The third-order valence-corrected chi connectivity index (χ3v) is 7.99. The van der Waals surface area contributed by atoms with Gasteiger partial charge >= 0.3 is 0 Å². The quantitative estimate of drug-likeness (QED) is 0.139. The van der Waals surface area contributed by atoms with Gasteiger partial charge in [0.25, 0.3) is 0 Å². The van der Waals surface area contributed by atoms with E-state index in [1.54, 1.807) is 0 Å². The second-order valence-electron chi connectivity index (χ2n) is 10.8. The largest absolute Gasteiger partial charge is 0.394 e. The number of rotatable bonds is 9. The molecular weight excluding hydrogens is 540 g/mol. The summed E-state index contributed by atoms with van der Waals surface area (Å²) in [6.07, 6.45) is 0.190. The first-order valence-electron chi connectivity index (χ1n) is 15.0. The van der Waals surface area contributed by atoms with E-state index >= 15 is 0 Å². The normalized spacial score (nSPS) is 14.2. The summed E-state index contributed by atoms with van der Waals surface area (Å²) in [6.45, 7) is 0.955. The van der Waals surface area contributed by atoms with Gasteiger partial charge in [-0.3, -0.25) is 0 Å². The van der Waals surface area contributed by atoms with Crippen molar-refractivity contribution in [2.45, 2.75) is 17.3 Å². The zero-order chi connectivity index (χ0) is 30.1. The van der Waals surface area contributed by atoms with Gasteiger partial charge in [0.2, 0.25) is 0 Å². The van der Waals surface area contributed by atoms with Gasteiger partial charge in [-0.2, -0.15) is 0 Å². The Bertz CT molecular complexity index is 1370. The summed E-state index contributed by atoms with van der Waals surface area (Å²) in [7, 11) is 0. The van der Waals surface area contributed by atoms with E-state index in [-0.39, 0.29) is 12.7 Å². The average Bonchev–Trinajstić information content (AvgIpc) is 3.97. The highest BCUT2D eigenvalue weighted by molar-refractivity contribution is 5.52. The van der Waals surface area contributed by atoms with Crippen LogP contribution in [0.4, 0.5) is 0 Å². The van der Waals surface area contributed by atoms with Gasteiger partial charge < -0.3 is 14.6 Å². The molecule has 1 fully saturated rings. The molecule has 0 amide bonds. The molecule has 1 saturated heterocycles. The molecule has 0 spiro atoms. The maximum Gasteiger partial charge on any atom is 0.145 e. The molecule has 218 valence electrons. The van der Waals surface area contributed by atoms with Gasteiger partial charge in [-0.1, -0.05) is 182 Å². The van der Waals surface area contributed by atoms with Crippen molar-refractivity contribution in [3.63, 3.8) is 0 Å². The fraction of sp³-hybridized carbons (Fsp3) is 0.122. The molecule has 1 aliphatic rings. The van der Waals surface area contributed by atoms with Gasteiger partial charge in [0.1, 0.15) is 17.3 Å². The summed E-state index contributed by atoms with van der Waals surface area (Å²) in [5, 5.41) is 8.08. The molecule has 3 heteroatoms. The predicted molar refractivity (Wildman–Crippen MR) is 176 cm³/mol. The van der Waals surface area contributed by atoms with E-state index in [2.05, 4.69) is 187 Å². The number of hydrogen-bond donors (Lipinski definition) is 1. The highest BCUT2D eigenvalue weighted by Gasteiger charge is 2.48. The fourth-order valence-corrected chi connectivity index (χ4v) is 5.79. The molecule has 3 nitrogen and oxygen atoms in total. The third-order valence-electron chi connectivity index (χ3n) is 7.99. The van der Waals surface area contributed by atoms with Crippen LogP contribution in [0, 0.1) is 0 Å². The van der Waals surface area contributed by atoms with E-state index in [1.165, 1.54) is 0 Å². The van der Waals surface area contributed by atoms with Crippen LogP contribution in [0.25, 0.3) is 0 Å². The molecule has 0 bridgehead atoms. The lowest BCUT2D eigenvalue weighted by Gasteiger charge is -2.46. The van der Waals surface area contributed by atoms with E-state index in [4.69, 9.17) is 9.84 Å². The van der Waals surface area contributed by atoms with E-state index in [9.17, 15) is 0 Å². The molecule has 0 saturated carbocycles. The molecule has 0 unspecified atom stereocenters. The summed E-state index contributed by atoms with van der Waals surface area (Å²) in [6, 6.07) is 63.5. The second-order valence-corrected chi connectivity index (χ2v) is 10.8. The first-order valence-corrected chi connectivity index (χ1v) is 15.0. The Morgan fingerprint density at radius 2 is 0.636 bits per heavy atom. The minimum atomic E-state index is -0.925. The van der Waals surface area contributed by atoms with Crippen molar-refractivity contribution in [3.8, 4) is 0 Å². The SMILES string of the molecule is OC[C@H]1CO1.c1ccc(C(OC(c2ccccc2)(c2ccccc2)c2ccccc2)(c2ccccc2)c2ccccc2)cc1. The lowest BCUT2D eigenvalue weighted by Crippen LogP contribution is -2.44. The Morgan fingerprint density at radius 3 is 0.773 bits per heavy atom. The molecule has 6 aromatic carbocycles. The van der Waals surface area contributed by atoms with Crippen LogP contribution in [0.1, 0.15) is 33.4 Å². The zero-order valence-electron chi connectivity index (χ0n) is 24.6. The molecule has 1 aliphatic heterocycles. The molecule has 1 N–H and O–H groups in total. The molecule has 6 aromatic rings. The van der Waals surface area contributed by atoms with Gasteiger partial charge in [0, 0.05) is 0 Å². The molecule has 7 rings (SSSR count). The first kappa shape index (κ1) is 29.3. The average molecular weight is 577 g/mol. The summed E-state index contributed by atoms with van der Waals surface area (Å²) < 4.78 is 12.5. The third kappa shape index (κ3) is 5.99. The Balaban J connectivity index is 0.000000625. The highest BCUT2D eigenvalue weighted by Crippen LogP contribution is 2.51. The van der Waals surface area contributed by atoms with Gasteiger partial charge in [0.15, 0.2) is 0 Å². The number of epoxide rings is 1. The van der Waals surface area contributed by atoms with Crippen LogP contribution in [-0.2, 0) is 20.7 Å². The fourth-order valence-electron chi connectivity index (χ4n) is 5.79. The van der Waals surface area contributed by atoms with E-state index in [0.717, 1.165) is 40.0 Å². The Kier molecular flexibility index (Phi) is 9.09. The summed E-state index contributed by atoms with van der Waals surface area (Å²) in [5.41, 5.74) is 4.54. The summed E-state index contributed by atoms with van der Waals surface area (Å²) in [5.74, 6) is 0. The molecule has 1 heterocycles. The van der Waals surface area contributed by atoms with E-state index in [1.807, 2.05) is 0 Å². The first-order chi connectivity index (χ1) is 21.8. The molecule has 1 atom stereocenters. The van der Waals surface area contributed by atoms with Crippen LogP contribution < -0.4 is 0 Å². The van der Waals surface area contributed by atoms with Crippen LogP contribution in [-0.4, -0.2) is 24.4 Å². The Labute approximate surface area is 260 Å². The van der Waals surface area contributed by atoms with Gasteiger partial charge in [-0.25, -0.2) is 0 Å². The monoisotopic (exact) mass is 576 g/mol. The lowest BCUT2D eigenvalue weighted by atomic mass is 9.75. The van der Waals surface area contributed by atoms with Crippen molar-refractivity contribution in [3.05, 3.63) is 215 Å². The van der Waals surface area contributed by atoms with Gasteiger partial charge in [-0.05, 0) is 33.4 Å². The standard InChI is InChI=1S/C38H30O.C3H6O2/c1-7-19-31(20-8-1)37(32-21-9-2-10-22-32,33-23-11-3-12-24-33)39-38(34-25-13-4-14-26-34,35-27-15-5-16-28-35)36-29-17-6-18-30-36;4-1-3-2-5-3/h1-30H;3-4H,1-2H2/t;3-/m.0/s1. The number of aliphatic hydroxyl groups excluding tert-OH is 1. The second kappa shape index (κ2) is 13.7. The minimum absolute atomic E-state index is 0.190. The van der Waals surface area contributed by atoms with Crippen molar-refractivity contribution in [1.29, 1.82) is 0 Å². The predicted octanol–water partition coefficient (Wildman–Crippen LogP) is 8.36. The number of benzene rings is 6. The molecule has 0 aliphatic carbocycles. The van der Waals surface area contributed by atoms with Crippen LogP contribution in [0.2, 0.25) is 0 Å². The maximum atomic E-state index is 8.08. The van der Waals surface area contributed by atoms with Crippen molar-refractivity contribution < 1.29 is 14.6 Å². The molecular formula is C41H36O3. The summed E-state index contributed by atoms with van der Waals surface area (Å²) in [4.78, 5) is 0. The number of hydrogen-bond acceptors (Lipinski definition) is 3. The molecule has 0 radical (unpaired) electrons. The van der Waals surface area contributed by atoms with Crippen LogP contribution in [0.5, 0.6) is 0 Å². The molecule has 0 aromatic heterocycles. The maximum absolute atomic E-state index is 8.08. The summed E-state index contributed by atoms with van der Waals surface area (Å²) >= 11 is 0. The van der Waals surface area contributed by atoms with Crippen molar-refractivity contribution >= 4 is 0 Å². The Morgan fingerprint density at radius 1 is 0.432 bits per heavy atom. The zero-order valence-corrected chi connectivity index (χ0v) is 24.6. The Hall–Kier alpha value is -4.80. The van der Waals surface area contributed by atoms with Crippen molar-refractivity contribution in [2.24, 2.45) is 0 Å². The highest BCUT2D eigenvalue weighted by atomic mass is 16.6. The van der Waals surface area contributed by atoms with Crippen molar-refractivity contribution in [1.82, 2.24) is 0 Å². The molecule has 44 heavy (non-hydrogen) atoms. The van der Waals surface area contributed by atoms with Crippen LogP contribution >= 0.6 is 0 Å². The van der Waals surface area contributed by atoms with Crippen LogP contribution in [0.15, 0.2) is 182 Å². The number of aliphatic hydroxyl groups is 1.